The Kier molecular flexibility index (Phi) is 20.4. The first-order valence-corrected chi connectivity index (χ1v) is 31.9. The third-order valence-electron chi connectivity index (χ3n) is 18.4. The summed E-state index contributed by atoms with van der Waals surface area (Å²) in [6, 6.07) is 110. The maximum atomic E-state index is 4.58. The zero-order chi connectivity index (χ0) is 58.2. The van der Waals surface area contributed by atoms with Gasteiger partial charge in [-0.05, 0) is 153 Å². The molecule has 5 heteroatoms. The normalized spacial score (nSPS) is 13.5. The Hall–Kier alpha value is -8.08. The van der Waals surface area contributed by atoms with E-state index in [9.17, 15) is 0 Å². The van der Waals surface area contributed by atoms with Crippen molar-refractivity contribution < 1.29 is 58.9 Å². The van der Waals surface area contributed by atoms with Gasteiger partial charge in [0.1, 0.15) is 8.07 Å². The Bertz CT molecular complexity index is 4060. The molecule has 13 rings (SSSR count). The summed E-state index contributed by atoms with van der Waals surface area (Å²) in [6.45, 7) is 16.9. The molecule has 0 bridgehead atoms. The van der Waals surface area contributed by atoms with Crippen molar-refractivity contribution in [2.75, 3.05) is 0 Å². The minimum atomic E-state index is -4.09. The van der Waals surface area contributed by atoms with E-state index in [1.54, 1.807) is 0 Å². The van der Waals surface area contributed by atoms with Crippen LogP contribution in [0.1, 0.15) is 44.4 Å². The van der Waals surface area contributed by atoms with E-state index in [2.05, 4.69) is 346 Å². The van der Waals surface area contributed by atoms with Crippen molar-refractivity contribution in [2.45, 2.75) is 53.5 Å². The second-order valence-electron chi connectivity index (χ2n) is 23.3. The van der Waals surface area contributed by atoms with E-state index in [1.807, 2.05) is 0 Å². The molecule has 89 heavy (non-hydrogen) atoms. The summed E-state index contributed by atoms with van der Waals surface area (Å²) in [7, 11) is -4.09. The van der Waals surface area contributed by atoms with E-state index in [1.165, 1.54) is 149 Å². The van der Waals surface area contributed by atoms with E-state index in [4.69, 9.17) is 0 Å². The van der Waals surface area contributed by atoms with Gasteiger partial charge in [-0.3, -0.25) is 6.08 Å². The number of hydrogen-bond acceptors (Lipinski definition) is 0. The monoisotopic (exact) mass is 1260 g/mol. The Morgan fingerprint density at radius 1 is 0.258 bits per heavy atom. The number of allylic oxidation sites excluding steroid dienone is 4. The molecule has 0 N–H and O–H groups in total. The Labute approximate surface area is 562 Å². The summed E-state index contributed by atoms with van der Waals surface area (Å²) in [5, 5.41) is 3.29. The zero-order valence-electron chi connectivity index (χ0n) is 51.3. The summed E-state index contributed by atoms with van der Waals surface area (Å²) < 4.78 is 0. The van der Waals surface area contributed by atoms with Gasteiger partial charge in [0.05, 0.1) is 0 Å². The van der Waals surface area contributed by atoms with Crippen LogP contribution in [-0.4, -0.2) is 8.07 Å². The first kappa shape index (κ1) is 65.4. The van der Waals surface area contributed by atoms with Gasteiger partial charge in [-0.1, -0.05) is 317 Å². The summed E-state index contributed by atoms with van der Waals surface area (Å²) in [5.74, 6) is 0. The van der Waals surface area contributed by atoms with Crippen LogP contribution in [-0.2, 0) is 21.7 Å². The summed E-state index contributed by atoms with van der Waals surface area (Å²) >= 11 is 0. The number of aryl methyl sites for hydroxylation is 3. The minimum Gasteiger partial charge on any atom is -1.00 e. The van der Waals surface area contributed by atoms with Crippen LogP contribution in [0.5, 0.6) is 0 Å². The number of benzene rings is 12. The number of rotatable bonds is 13. The molecule has 1 unspecified atom stereocenters. The van der Waals surface area contributed by atoms with Crippen LogP contribution in [0.15, 0.2) is 308 Å². The molecule has 0 fully saturated rings. The summed E-state index contributed by atoms with van der Waals surface area (Å²) in [4.78, 5) is 0. The molecule has 0 aromatic heterocycles. The van der Waals surface area contributed by atoms with Gasteiger partial charge in [-0.2, -0.15) is 11.1 Å². The fourth-order valence-electron chi connectivity index (χ4n) is 14.5. The van der Waals surface area contributed by atoms with Gasteiger partial charge in [0.2, 0.25) is 0 Å². The SMILES string of the molecule is CC1=[C-]C(C)([Si](c2cc(C)c(-c3ccccc3)c(-c3ccccc3)c2-c2ccccc2)(c2cc(C)c(-c3ccccc3)c(-c3ccccc3)c2-c2ccccc2)c2cc(C)c(-c3ccccc3)c(-c3ccccc3)c2-c2ccccc2)C(C)=C1C.[Cl-].[Cl-].[Cl-].[Ti+4]. The largest absolute Gasteiger partial charge is 4.00 e. The molecule has 0 heterocycles. The first-order valence-electron chi connectivity index (χ1n) is 29.9. The van der Waals surface area contributed by atoms with Crippen LogP contribution < -0.4 is 52.8 Å². The Morgan fingerprint density at radius 3 is 0.618 bits per heavy atom. The number of hydrogen-bond donors (Lipinski definition) is 0. The van der Waals surface area contributed by atoms with Crippen LogP contribution in [0.25, 0.3) is 100 Å². The van der Waals surface area contributed by atoms with Crippen molar-refractivity contribution in [2.24, 2.45) is 0 Å². The molecule has 434 valence electrons. The molecule has 0 nitrogen and oxygen atoms in total. The maximum absolute atomic E-state index is 4.58. The second-order valence-corrected chi connectivity index (χ2v) is 27.4. The molecule has 1 aliphatic carbocycles. The van der Waals surface area contributed by atoms with Gasteiger partial charge in [0, 0.05) is 0 Å². The topological polar surface area (TPSA) is 0 Å². The molecule has 1 aliphatic rings. The van der Waals surface area contributed by atoms with Crippen LogP contribution in [0.3, 0.4) is 0 Å². The van der Waals surface area contributed by atoms with Crippen molar-refractivity contribution in [1.82, 2.24) is 0 Å². The van der Waals surface area contributed by atoms with Crippen molar-refractivity contribution in [3.05, 3.63) is 331 Å². The second kappa shape index (κ2) is 27.8. The fourth-order valence-corrected chi connectivity index (χ4v) is 21.3. The zero-order valence-corrected chi connectivity index (χ0v) is 56.2. The molecule has 0 aliphatic heterocycles. The molecule has 0 spiro atoms. The maximum Gasteiger partial charge on any atom is 4.00 e. The standard InChI is InChI=1S/C84H69Si.3ClH.Ti/c1-57-53-72(78(66-41-23-11-24-42-66)81(69-47-29-14-30-48-69)75(57)63-35-17-8-18-36-63)85(84(7)56-60(4)61(5)62(84)6,73-54-58(2)76(64-37-19-9-20-38-64)82(70-49-31-15-32-50-70)79(73)67-43-25-12-26-44-67)74-55-59(3)77(65-39-21-10-22-40-65)83(71-51-33-16-34-52-71)80(74)68-45-27-13-28-46-68;;;;/h8-55H,1-7H3;3*1H;/q-1;;;;+4/p-3. The Balaban J connectivity index is 0.00000235. The van der Waals surface area contributed by atoms with E-state index >= 15 is 0 Å². The summed E-state index contributed by atoms with van der Waals surface area (Å²) in [5.41, 5.74) is 29.3. The van der Waals surface area contributed by atoms with E-state index in [-0.39, 0.29) is 58.9 Å². The molecule has 0 saturated carbocycles. The van der Waals surface area contributed by atoms with Crippen molar-refractivity contribution in [3.63, 3.8) is 0 Å². The van der Waals surface area contributed by atoms with Gasteiger partial charge in [0.15, 0.2) is 0 Å². The third kappa shape index (κ3) is 11.4. The van der Waals surface area contributed by atoms with Gasteiger partial charge in [-0.25, -0.2) is 5.57 Å². The van der Waals surface area contributed by atoms with Gasteiger partial charge in [-0.15, -0.1) is 6.92 Å². The average molecular weight is 1260 g/mol. The molecule has 0 saturated heterocycles. The van der Waals surface area contributed by atoms with Crippen LogP contribution >= 0.6 is 0 Å². The van der Waals surface area contributed by atoms with Crippen molar-refractivity contribution in [3.8, 4) is 100 Å². The molecule has 0 amide bonds. The molecule has 12 aromatic carbocycles. The molecule has 1 atom stereocenters. The Morgan fingerprint density at radius 2 is 0.438 bits per heavy atom. The van der Waals surface area contributed by atoms with E-state index in [0.29, 0.717) is 0 Å². The molecule has 12 aromatic rings. The van der Waals surface area contributed by atoms with E-state index in [0.717, 1.165) is 0 Å². The average Bonchev–Trinajstić information content (AvgIpc) is 1.64. The molecular weight excluding hydrogens is 1190 g/mol. The van der Waals surface area contributed by atoms with Crippen molar-refractivity contribution >= 4 is 23.6 Å². The predicted octanol–water partition coefficient (Wildman–Crippen LogP) is 12.0. The first-order chi connectivity index (χ1) is 41.6. The smallest absolute Gasteiger partial charge is 1.00 e. The number of halogens is 3. The van der Waals surface area contributed by atoms with Crippen LogP contribution in [0.4, 0.5) is 0 Å². The fraction of sp³-hybridized carbons (Fsp3) is 0.0952. The van der Waals surface area contributed by atoms with Gasteiger partial charge in [0.25, 0.3) is 0 Å². The predicted molar refractivity (Wildman–Crippen MR) is 366 cm³/mol. The van der Waals surface area contributed by atoms with Gasteiger partial charge < -0.3 is 37.2 Å². The van der Waals surface area contributed by atoms with Gasteiger partial charge >= 0.3 is 21.7 Å². The quantitative estimate of drug-likeness (QED) is 0.0613. The third-order valence-corrected chi connectivity index (χ3v) is 24.0. The van der Waals surface area contributed by atoms with E-state index < -0.39 is 13.1 Å². The summed E-state index contributed by atoms with van der Waals surface area (Å²) in [6.07, 6.45) is 4.58. The van der Waals surface area contributed by atoms with Crippen LogP contribution in [0, 0.1) is 26.8 Å². The molecular formula is C84H69Cl3SiTi. The van der Waals surface area contributed by atoms with Crippen molar-refractivity contribution in [1.29, 1.82) is 0 Å². The van der Waals surface area contributed by atoms with Crippen LogP contribution in [0.2, 0.25) is 5.04 Å². The molecule has 0 radical (unpaired) electrons. The minimum absolute atomic E-state index is 0.